The van der Waals surface area contributed by atoms with Crippen molar-refractivity contribution in [2.75, 3.05) is 13.7 Å². The first-order valence-corrected chi connectivity index (χ1v) is 4.40. The van der Waals surface area contributed by atoms with Crippen LogP contribution in [0.15, 0.2) is 6.20 Å². The first-order chi connectivity index (χ1) is 6.70. The predicted molar refractivity (Wildman–Crippen MR) is 50.0 cm³/mol. The minimum absolute atomic E-state index is 0.103. The Kier molecular flexibility index (Phi) is 3.64. The van der Waals surface area contributed by atoms with Gasteiger partial charge in [0.2, 0.25) is 0 Å². The highest BCUT2D eigenvalue weighted by molar-refractivity contribution is 5.90. The lowest BCUT2D eigenvalue weighted by atomic mass is 10.1. The van der Waals surface area contributed by atoms with Crippen molar-refractivity contribution in [2.45, 2.75) is 12.8 Å². The van der Waals surface area contributed by atoms with Crippen molar-refractivity contribution in [1.82, 2.24) is 9.78 Å². The lowest BCUT2D eigenvalue weighted by Gasteiger charge is -2.03. The van der Waals surface area contributed by atoms with Crippen LogP contribution < -0.4 is 0 Å². The quantitative estimate of drug-likeness (QED) is 0.698. The number of carbonyl (C=O) groups is 1. The lowest BCUT2D eigenvalue weighted by Crippen LogP contribution is -2.07. The van der Waals surface area contributed by atoms with Gasteiger partial charge >= 0.3 is 5.97 Å². The third kappa shape index (κ3) is 2.11. The molecule has 0 aliphatic carbocycles. The van der Waals surface area contributed by atoms with E-state index in [0.29, 0.717) is 18.4 Å². The molecule has 0 radical (unpaired) electrons. The smallest absolute Gasteiger partial charge is 0.341 e. The lowest BCUT2D eigenvalue weighted by molar-refractivity contribution is 0.0599. The molecule has 1 N–H and O–H groups in total. The Morgan fingerprint density at radius 2 is 2.43 bits per heavy atom. The molecule has 0 fully saturated rings. The molecule has 1 heterocycles. The van der Waals surface area contributed by atoms with Crippen LogP contribution in [0.2, 0.25) is 0 Å². The number of hydrogen-bond donors (Lipinski definition) is 1. The van der Waals surface area contributed by atoms with E-state index in [1.165, 1.54) is 13.3 Å². The zero-order chi connectivity index (χ0) is 10.6. The van der Waals surface area contributed by atoms with Gasteiger partial charge in [0.25, 0.3) is 0 Å². The van der Waals surface area contributed by atoms with Gasteiger partial charge in [0, 0.05) is 13.7 Å². The topological polar surface area (TPSA) is 64.3 Å². The van der Waals surface area contributed by atoms with Crippen LogP contribution in [0.3, 0.4) is 0 Å². The van der Waals surface area contributed by atoms with Gasteiger partial charge in [0.15, 0.2) is 0 Å². The molecular weight excluding hydrogens is 184 g/mol. The maximum absolute atomic E-state index is 11.3. The summed E-state index contributed by atoms with van der Waals surface area (Å²) >= 11 is 0. The maximum atomic E-state index is 11.3. The van der Waals surface area contributed by atoms with Gasteiger partial charge in [-0.2, -0.15) is 5.10 Å². The number of nitrogens with zero attached hydrogens (tertiary/aromatic N) is 2. The SMILES string of the molecule is COC(=O)c1cnn(C)c1CCCO. The van der Waals surface area contributed by atoms with Crippen molar-refractivity contribution in [3.63, 3.8) is 0 Å². The Morgan fingerprint density at radius 3 is 3.00 bits per heavy atom. The van der Waals surface area contributed by atoms with E-state index in [9.17, 15) is 4.79 Å². The zero-order valence-corrected chi connectivity index (χ0v) is 8.36. The van der Waals surface area contributed by atoms with E-state index in [1.54, 1.807) is 11.7 Å². The van der Waals surface area contributed by atoms with Crippen LogP contribution in [0.4, 0.5) is 0 Å². The van der Waals surface area contributed by atoms with Gasteiger partial charge in [0.05, 0.1) is 19.0 Å². The number of aliphatic hydroxyl groups excluding tert-OH is 1. The molecule has 0 unspecified atom stereocenters. The molecule has 5 heteroatoms. The van der Waals surface area contributed by atoms with Crippen molar-refractivity contribution < 1.29 is 14.6 Å². The monoisotopic (exact) mass is 198 g/mol. The second-order valence-electron chi connectivity index (χ2n) is 2.95. The highest BCUT2D eigenvalue weighted by atomic mass is 16.5. The number of carbonyl (C=O) groups excluding carboxylic acids is 1. The van der Waals surface area contributed by atoms with E-state index in [0.717, 1.165) is 5.69 Å². The number of rotatable bonds is 4. The van der Waals surface area contributed by atoms with Crippen molar-refractivity contribution in [3.8, 4) is 0 Å². The molecule has 0 amide bonds. The van der Waals surface area contributed by atoms with Gasteiger partial charge in [-0.3, -0.25) is 4.68 Å². The molecule has 0 aliphatic heterocycles. The van der Waals surface area contributed by atoms with Crippen molar-refractivity contribution in [2.24, 2.45) is 7.05 Å². The number of aryl methyl sites for hydroxylation is 1. The molecule has 0 spiro atoms. The van der Waals surface area contributed by atoms with Crippen LogP contribution in [0.25, 0.3) is 0 Å². The van der Waals surface area contributed by atoms with Crippen LogP contribution in [-0.4, -0.2) is 34.6 Å². The summed E-state index contributed by atoms with van der Waals surface area (Å²) in [6, 6.07) is 0. The van der Waals surface area contributed by atoms with Crippen LogP contribution in [0.5, 0.6) is 0 Å². The molecular formula is C9H14N2O3. The maximum Gasteiger partial charge on any atom is 0.341 e. The van der Waals surface area contributed by atoms with Gasteiger partial charge in [-0.05, 0) is 12.8 Å². The second-order valence-corrected chi connectivity index (χ2v) is 2.95. The minimum Gasteiger partial charge on any atom is -0.465 e. The zero-order valence-electron chi connectivity index (χ0n) is 8.36. The van der Waals surface area contributed by atoms with E-state index in [1.807, 2.05) is 0 Å². The average molecular weight is 198 g/mol. The van der Waals surface area contributed by atoms with Crippen molar-refractivity contribution in [1.29, 1.82) is 0 Å². The van der Waals surface area contributed by atoms with Gasteiger partial charge in [-0.1, -0.05) is 0 Å². The molecule has 0 bridgehead atoms. The van der Waals surface area contributed by atoms with E-state index >= 15 is 0 Å². The molecule has 0 aromatic carbocycles. The molecule has 78 valence electrons. The summed E-state index contributed by atoms with van der Waals surface area (Å²) < 4.78 is 6.24. The largest absolute Gasteiger partial charge is 0.465 e. The number of aliphatic hydroxyl groups is 1. The van der Waals surface area contributed by atoms with E-state index < -0.39 is 0 Å². The number of aromatic nitrogens is 2. The van der Waals surface area contributed by atoms with E-state index in [4.69, 9.17) is 5.11 Å². The summed E-state index contributed by atoms with van der Waals surface area (Å²) in [6.45, 7) is 0.103. The molecule has 1 aromatic heterocycles. The number of ether oxygens (including phenoxy) is 1. The number of methoxy groups -OCH3 is 1. The Balaban J connectivity index is 2.88. The molecule has 0 saturated heterocycles. The molecule has 14 heavy (non-hydrogen) atoms. The minimum atomic E-state index is -0.383. The van der Waals surface area contributed by atoms with Crippen LogP contribution in [0, 0.1) is 0 Å². The number of esters is 1. The molecule has 1 aromatic rings. The Hall–Kier alpha value is -1.36. The molecule has 5 nitrogen and oxygen atoms in total. The Morgan fingerprint density at radius 1 is 1.71 bits per heavy atom. The first kappa shape index (κ1) is 10.7. The van der Waals surface area contributed by atoms with E-state index in [2.05, 4.69) is 9.84 Å². The van der Waals surface area contributed by atoms with Crippen LogP contribution in [-0.2, 0) is 18.2 Å². The molecule has 1 rings (SSSR count). The van der Waals surface area contributed by atoms with Gasteiger partial charge in [-0.25, -0.2) is 4.79 Å². The standard InChI is InChI=1S/C9H14N2O3/c1-11-8(4-3-5-12)7(6-10-11)9(13)14-2/h6,12H,3-5H2,1-2H3. The summed E-state index contributed by atoms with van der Waals surface area (Å²) in [7, 11) is 3.10. The third-order valence-electron chi connectivity index (χ3n) is 2.04. The highest BCUT2D eigenvalue weighted by Gasteiger charge is 2.15. The normalized spacial score (nSPS) is 10.2. The fraction of sp³-hybridized carbons (Fsp3) is 0.556. The summed E-state index contributed by atoms with van der Waals surface area (Å²) in [5.74, 6) is -0.383. The second kappa shape index (κ2) is 4.76. The van der Waals surface area contributed by atoms with Crippen LogP contribution in [0.1, 0.15) is 22.5 Å². The molecule has 0 saturated carbocycles. The summed E-state index contributed by atoms with van der Waals surface area (Å²) in [5.41, 5.74) is 1.27. The van der Waals surface area contributed by atoms with Gasteiger partial charge < -0.3 is 9.84 Å². The molecule has 0 atom stereocenters. The summed E-state index contributed by atoms with van der Waals surface area (Å²) in [5, 5.41) is 12.7. The van der Waals surface area contributed by atoms with Crippen LogP contribution >= 0.6 is 0 Å². The fourth-order valence-corrected chi connectivity index (χ4v) is 1.29. The van der Waals surface area contributed by atoms with Gasteiger partial charge in [0.1, 0.15) is 5.56 Å². The predicted octanol–water partition coefficient (Wildman–Crippen LogP) is 0.132. The molecule has 0 aliphatic rings. The van der Waals surface area contributed by atoms with Gasteiger partial charge in [-0.15, -0.1) is 0 Å². The van der Waals surface area contributed by atoms with Crippen molar-refractivity contribution >= 4 is 5.97 Å². The van der Waals surface area contributed by atoms with Crippen molar-refractivity contribution in [3.05, 3.63) is 17.5 Å². The third-order valence-corrected chi connectivity index (χ3v) is 2.04. The average Bonchev–Trinajstić information content (AvgIpc) is 2.56. The Labute approximate surface area is 82.3 Å². The summed E-state index contributed by atoms with van der Waals surface area (Å²) in [6.07, 6.45) is 2.72. The highest BCUT2D eigenvalue weighted by Crippen LogP contribution is 2.10. The number of hydrogen-bond acceptors (Lipinski definition) is 4. The Bertz CT molecular complexity index is 320. The fourth-order valence-electron chi connectivity index (χ4n) is 1.29. The first-order valence-electron chi connectivity index (χ1n) is 4.40. The summed E-state index contributed by atoms with van der Waals surface area (Å²) in [4.78, 5) is 11.3. The van der Waals surface area contributed by atoms with E-state index in [-0.39, 0.29) is 12.6 Å².